The van der Waals surface area contributed by atoms with E-state index in [-0.39, 0.29) is 24.8 Å². The highest BCUT2D eigenvalue weighted by Gasteiger charge is 2.43. The summed E-state index contributed by atoms with van der Waals surface area (Å²) in [6, 6.07) is 0. The molecule has 2 amide bonds. The van der Waals surface area contributed by atoms with E-state index < -0.39 is 5.41 Å². The van der Waals surface area contributed by atoms with Crippen molar-refractivity contribution < 1.29 is 14.7 Å². The number of hydrogen-bond acceptors (Lipinski definition) is 3. The predicted octanol–water partition coefficient (Wildman–Crippen LogP) is 5.83. The molecule has 2 N–H and O–H groups in total. The number of carbonyl (C=O) groups excluding carboxylic acids is 2. The molecule has 4 heteroatoms. The molecule has 28 heavy (non-hydrogen) atoms. The quantitative estimate of drug-likeness (QED) is 0.175. The van der Waals surface area contributed by atoms with Gasteiger partial charge in [0.25, 0.3) is 0 Å². The van der Waals surface area contributed by atoms with E-state index in [0.29, 0.717) is 6.42 Å². The molecule has 1 atom stereocenters. The average molecular weight is 394 g/mol. The molecule has 0 aromatic carbocycles. The molecule has 1 rings (SSSR count). The lowest BCUT2D eigenvalue weighted by Gasteiger charge is -2.19. The Morgan fingerprint density at radius 1 is 0.857 bits per heavy atom. The number of carbonyl (C=O) groups is 2. The van der Waals surface area contributed by atoms with Gasteiger partial charge in [0.05, 0.1) is 5.41 Å². The van der Waals surface area contributed by atoms with Crippen LogP contribution in [0, 0.1) is 5.41 Å². The smallest absolute Gasteiger partial charge is 0.237 e. The van der Waals surface area contributed by atoms with Gasteiger partial charge in [0.15, 0.2) is 0 Å². The first kappa shape index (κ1) is 24.9. The molecule has 1 fully saturated rings. The second-order valence-corrected chi connectivity index (χ2v) is 8.47. The normalized spacial score (nSPS) is 19.6. The highest BCUT2D eigenvalue weighted by Crippen LogP contribution is 2.33. The van der Waals surface area contributed by atoms with Crippen molar-refractivity contribution in [3.63, 3.8) is 0 Å². The minimum atomic E-state index is -0.818. The van der Waals surface area contributed by atoms with Crippen LogP contribution < -0.4 is 5.32 Å². The van der Waals surface area contributed by atoms with Gasteiger partial charge in [-0.1, -0.05) is 103 Å². The summed E-state index contributed by atoms with van der Waals surface area (Å²) in [5.74, 6) is -0.497. The van der Waals surface area contributed by atoms with Gasteiger partial charge in [-0.25, -0.2) is 0 Å². The van der Waals surface area contributed by atoms with Crippen LogP contribution >= 0.6 is 0 Å². The molecule has 0 aromatic rings. The highest BCUT2D eigenvalue weighted by atomic mass is 16.3. The molecule has 0 spiro atoms. The fourth-order valence-electron chi connectivity index (χ4n) is 4.05. The summed E-state index contributed by atoms with van der Waals surface area (Å²) in [5.41, 5.74) is -0.818. The minimum absolute atomic E-state index is 0.0795. The van der Waals surface area contributed by atoms with Gasteiger partial charge in [-0.05, 0) is 19.3 Å². The standard InChI is InChI=1S/C24H43NO3/c1-2-3-4-5-6-7-8-9-10-11-12-13-14-15-16-17-18-24(19-20-26)21-22(27)25-23(24)28/h17-18,26H,2-16,19-21H2,1H3,(H,25,27,28). The Bertz CT molecular complexity index is 461. The van der Waals surface area contributed by atoms with Crippen molar-refractivity contribution in [3.8, 4) is 0 Å². The number of aliphatic hydroxyl groups excluding tert-OH is 1. The first-order valence-corrected chi connectivity index (χ1v) is 11.8. The molecular weight excluding hydrogens is 350 g/mol. The molecular formula is C24H43NO3. The molecule has 4 nitrogen and oxygen atoms in total. The van der Waals surface area contributed by atoms with Gasteiger partial charge in [0.1, 0.15) is 0 Å². The van der Waals surface area contributed by atoms with Crippen molar-refractivity contribution in [1.29, 1.82) is 0 Å². The Hall–Kier alpha value is -1.16. The van der Waals surface area contributed by atoms with Crippen LogP contribution in [0.25, 0.3) is 0 Å². The van der Waals surface area contributed by atoms with Crippen LogP contribution in [0.2, 0.25) is 0 Å². The second-order valence-electron chi connectivity index (χ2n) is 8.47. The molecule has 162 valence electrons. The van der Waals surface area contributed by atoms with Crippen LogP contribution in [-0.4, -0.2) is 23.5 Å². The van der Waals surface area contributed by atoms with Crippen LogP contribution in [0.5, 0.6) is 0 Å². The van der Waals surface area contributed by atoms with Crippen molar-refractivity contribution >= 4 is 11.8 Å². The summed E-state index contributed by atoms with van der Waals surface area (Å²) < 4.78 is 0. The predicted molar refractivity (Wildman–Crippen MR) is 116 cm³/mol. The van der Waals surface area contributed by atoms with Crippen LogP contribution in [-0.2, 0) is 9.59 Å². The van der Waals surface area contributed by atoms with Gasteiger partial charge in [0.2, 0.25) is 11.8 Å². The van der Waals surface area contributed by atoms with Crippen LogP contribution in [0.3, 0.4) is 0 Å². The van der Waals surface area contributed by atoms with Gasteiger partial charge in [-0.3, -0.25) is 14.9 Å². The second kappa shape index (κ2) is 15.7. The maximum absolute atomic E-state index is 12.0. The number of aliphatic hydroxyl groups is 1. The molecule has 1 heterocycles. The number of nitrogens with one attached hydrogen (secondary N) is 1. The monoisotopic (exact) mass is 393 g/mol. The molecule has 0 aromatic heterocycles. The van der Waals surface area contributed by atoms with Crippen molar-refractivity contribution in [2.45, 2.75) is 116 Å². The fourth-order valence-corrected chi connectivity index (χ4v) is 4.05. The van der Waals surface area contributed by atoms with E-state index >= 15 is 0 Å². The van der Waals surface area contributed by atoms with Gasteiger partial charge < -0.3 is 5.11 Å². The molecule has 0 radical (unpaired) electrons. The highest BCUT2D eigenvalue weighted by molar-refractivity contribution is 6.06. The van der Waals surface area contributed by atoms with Crippen molar-refractivity contribution in [1.82, 2.24) is 5.32 Å². The maximum atomic E-state index is 12.0. The maximum Gasteiger partial charge on any atom is 0.237 e. The topological polar surface area (TPSA) is 66.4 Å². The zero-order valence-corrected chi connectivity index (χ0v) is 18.1. The van der Waals surface area contributed by atoms with Crippen molar-refractivity contribution in [2.24, 2.45) is 5.41 Å². The Morgan fingerprint density at radius 2 is 1.36 bits per heavy atom. The van der Waals surface area contributed by atoms with E-state index in [1.807, 2.05) is 12.2 Å². The summed E-state index contributed by atoms with van der Waals surface area (Å²) in [6.07, 6.45) is 24.2. The molecule has 0 bridgehead atoms. The number of hydrogen-bond donors (Lipinski definition) is 2. The Kier molecular flexibility index (Phi) is 14.0. The Morgan fingerprint density at radius 3 is 1.79 bits per heavy atom. The largest absolute Gasteiger partial charge is 0.396 e. The fraction of sp³-hybridized carbons (Fsp3) is 0.833. The number of amides is 2. The number of unbranched alkanes of at least 4 members (excludes halogenated alkanes) is 14. The minimum Gasteiger partial charge on any atom is -0.396 e. The lowest BCUT2D eigenvalue weighted by atomic mass is 9.82. The lowest BCUT2D eigenvalue weighted by Crippen LogP contribution is -2.30. The average Bonchev–Trinajstić information content (AvgIpc) is 2.95. The molecule has 0 saturated carbocycles. The Balaban J connectivity index is 1.95. The SMILES string of the molecule is CCCCCCCCCCCCCCCCC=CC1(CCO)CC(=O)NC1=O. The van der Waals surface area contributed by atoms with Crippen LogP contribution in [0.15, 0.2) is 12.2 Å². The van der Waals surface area contributed by atoms with E-state index in [1.54, 1.807) is 0 Å². The summed E-state index contributed by atoms with van der Waals surface area (Å²) in [6.45, 7) is 2.19. The summed E-state index contributed by atoms with van der Waals surface area (Å²) in [5, 5.41) is 11.6. The lowest BCUT2D eigenvalue weighted by molar-refractivity contribution is -0.127. The number of imide groups is 1. The zero-order chi connectivity index (χ0) is 20.5. The molecule has 1 saturated heterocycles. The summed E-state index contributed by atoms with van der Waals surface area (Å²) in [7, 11) is 0. The van der Waals surface area contributed by atoms with Gasteiger partial charge in [-0.2, -0.15) is 0 Å². The third-order valence-electron chi connectivity index (χ3n) is 5.90. The number of rotatable bonds is 18. The van der Waals surface area contributed by atoms with Gasteiger partial charge >= 0.3 is 0 Å². The Labute approximate surface area is 172 Å². The van der Waals surface area contributed by atoms with Gasteiger partial charge in [-0.15, -0.1) is 0 Å². The third-order valence-corrected chi connectivity index (χ3v) is 5.90. The van der Waals surface area contributed by atoms with E-state index in [1.165, 1.54) is 83.5 Å². The first-order valence-electron chi connectivity index (χ1n) is 11.8. The van der Waals surface area contributed by atoms with Crippen molar-refractivity contribution in [3.05, 3.63) is 12.2 Å². The van der Waals surface area contributed by atoms with E-state index in [9.17, 15) is 14.7 Å². The van der Waals surface area contributed by atoms with E-state index in [0.717, 1.165) is 12.8 Å². The summed E-state index contributed by atoms with van der Waals surface area (Å²) >= 11 is 0. The summed E-state index contributed by atoms with van der Waals surface area (Å²) in [4.78, 5) is 23.5. The van der Waals surface area contributed by atoms with E-state index in [2.05, 4.69) is 12.2 Å². The first-order chi connectivity index (χ1) is 13.6. The van der Waals surface area contributed by atoms with Crippen molar-refractivity contribution in [2.75, 3.05) is 6.61 Å². The molecule has 1 aliphatic rings. The molecule has 0 aliphatic carbocycles. The third kappa shape index (κ3) is 10.4. The molecule has 1 aliphatic heterocycles. The number of allylic oxidation sites excluding steroid dienone is 1. The van der Waals surface area contributed by atoms with Crippen LogP contribution in [0.1, 0.15) is 116 Å². The zero-order valence-electron chi connectivity index (χ0n) is 18.1. The van der Waals surface area contributed by atoms with Gasteiger partial charge in [0, 0.05) is 13.0 Å². The van der Waals surface area contributed by atoms with E-state index in [4.69, 9.17) is 0 Å². The van der Waals surface area contributed by atoms with Crippen LogP contribution in [0.4, 0.5) is 0 Å². The molecule has 1 unspecified atom stereocenters.